The maximum atomic E-state index is 12.2. The highest BCUT2D eigenvalue weighted by Gasteiger charge is 2.14. The summed E-state index contributed by atoms with van der Waals surface area (Å²) in [6, 6.07) is 3.59. The van der Waals surface area contributed by atoms with Gasteiger partial charge in [0, 0.05) is 26.3 Å². The van der Waals surface area contributed by atoms with Crippen LogP contribution >= 0.6 is 0 Å². The van der Waals surface area contributed by atoms with Gasteiger partial charge in [-0.3, -0.25) is 4.98 Å². The number of amides is 1. The molecule has 0 aliphatic heterocycles. The van der Waals surface area contributed by atoms with Crippen LogP contribution in [0.5, 0.6) is 5.75 Å². The summed E-state index contributed by atoms with van der Waals surface area (Å²) in [5, 5.41) is 14.8. The van der Waals surface area contributed by atoms with Gasteiger partial charge in [-0.25, -0.2) is 14.4 Å². The summed E-state index contributed by atoms with van der Waals surface area (Å²) in [4.78, 5) is 38.4. The summed E-state index contributed by atoms with van der Waals surface area (Å²) in [6.45, 7) is 3.60. The molecule has 0 radical (unpaired) electrons. The smallest absolute Gasteiger partial charge is 0.415 e. The van der Waals surface area contributed by atoms with Gasteiger partial charge in [-0.1, -0.05) is 45.4 Å². The fourth-order valence-electron chi connectivity index (χ4n) is 2.50. The molecule has 9 nitrogen and oxygen atoms in total. The Hall–Kier alpha value is -2.68. The molecule has 1 aromatic rings. The molecule has 9 heteroatoms. The van der Waals surface area contributed by atoms with Gasteiger partial charge in [0.05, 0.1) is 5.69 Å². The molecule has 0 saturated heterocycles. The number of hydrogen-bond acceptors (Lipinski definition) is 6. The first-order valence-corrected chi connectivity index (χ1v) is 10.2. The Kier molecular flexibility index (Phi) is 14.7. The average molecular weight is 426 g/mol. The van der Waals surface area contributed by atoms with Crippen LogP contribution in [0.15, 0.2) is 18.3 Å². The average Bonchev–Trinajstić information content (AvgIpc) is 2.68. The molecule has 0 fully saturated rings. The van der Waals surface area contributed by atoms with Gasteiger partial charge in [0.25, 0.3) is 0 Å². The number of carbonyl (C=O) groups is 3. The first-order chi connectivity index (χ1) is 14.2. The molecule has 1 aromatic heterocycles. The van der Waals surface area contributed by atoms with Crippen molar-refractivity contribution in [1.29, 1.82) is 0 Å². The summed E-state index contributed by atoms with van der Waals surface area (Å²) in [6.07, 6.45) is 10.1. The van der Waals surface area contributed by atoms with Crippen LogP contribution in [-0.2, 0) is 16.1 Å². The second kappa shape index (κ2) is 16.2. The highest BCUT2D eigenvalue weighted by atomic mass is 16.6. The topological polar surface area (TPSA) is 120 Å². The summed E-state index contributed by atoms with van der Waals surface area (Å²) in [5.74, 6) is -3.10. The molecule has 0 saturated carbocycles. The Balaban J connectivity index is 0.00000122. The van der Waals surface area contributed by atoms with E-state index in [1.54, 1.807) is 30.3 Å². The van der Waals surface area contributed by atoms with E-state index in [9.17, 15) is 4.79 Å². The molecule has 1 amide bonds. The molecule has 1 rings (SSSR count). The molecule has 2 N–H and O–H groups in total. The summed E-state index contributed by atoms with van der Waals surface area (Å²) in [5.41, 5.74) is 0.778. The van der Waals surface area contributed by atoms with E-state index in [2.05, 4.69) is 11.9 Å². The molecule has 0 aliphatic rings. The van der Waals surface area contributed by atoms with Crippen LogP contribution in [-0.4, -0.2) is 70.7 Å². The zero-order chi connectivity index (χ0) is 22.9. The second-order valence-corrected chi connectivity index (χ2v) is 7.21. The van der Waals surface area contributed by atoms with Crippen LogP contribution in [0.2, 0.25) is 0 Å². The highest BCUT2D eigenvalue weighted by molar-refractivity contribution is 6.27. The number of carboxylic acid groups (broad SMARTS) is 2. The van der Waals surface area contributed by atoms with Crippen LogP contribution in [0, 0.1) is 0 Å². The maximum Gasteiger partial charge on any atom is 0.415 e. The minimum atomic E-state index is -1.82. The number of hydrogen-bond donors (Lipinski definition) is 2. The third kappa shape index (κ3) is 13.5. The van der Waals surface area contributed by atoms with E-state index in [0.29, 0.717) is 12.3 Å². The first kappa shape index (κ1) is 27.3. The minimum absolute atomic E-state index is 0.311. The molecule has 0 aromatic carbocycles. The number of nitrogens with zero attached hydrogens (tertiary/aromatic N) is 3. The second-order valence-electron chi connectivity index (χ2n) is 7.21. The fraction of sp³-hybridized carbons (Fsp3) is 0.619. The Bertz CT molecular complexity index is 639. The molecule has 0 bridgehead atoms. The van der Waals surface area contributed by atoms with E-state index in [1.807, 2.05) is 19.0 Å². The number of aliphatic carboxylic acids is 2. The zero-order valence-corrected chi connectivity index (χ0v) is 18.5. The molecule has 1 heterocycles. The van der Waals surface area contributed by atoms with Crippen molar-refractivity contribution in [1.82, 2.24) is 14.8 Å². The third-order valence-corrected chi connectivity index (χ3v) is 4.10. The molecule has 0 spiro atoms. The van der Waals surface area contributed by atoms with Crippen molar-refractivity contribution in [2.45, 2.75) is 58.4 Å². The van der Waals surface area contributed by atoms with Crippen LogP contribution in [0.25, 0.3) is 0 Å². The van der Waals surface area contributed by atoms with Crippen molar-refractivity contribution in [3.63, 3.8) is 0 Å². The number of carbonyl (C=O) groups excluding carboxylic acids is 1. The predicted molar refractivity (Wildman–Crippen MR) is 114 cm³/mol. The van der Waals surface area contributed by atoms with E-state index in [-0.39, 0.29) is 6.09 Å². The molecule has 0 atom stereocenters. The van der Waals surface area contributed by atoms with Crippen molar-refractivity contribution >= 4 is 18.0 Å². The number of carboxylic acids is 2. The lowest BCUT2D eigenvalue weighted by Gasteiger charge is -2.18. The molecular formula is C21H35N3O6. The van der Waals surface area contributed by atoms with Crippen LogP contribution < -0.4 is 4.74 Å². The van der Waals surface area contributed by atoms with Crippen LogP contribution in [0.4, 0.5) is 4.79 Å². The highest BCUT2D eigenvalue weighted by Crippen LogP contribution is 2.17. The quantitative estimate of drug-likeness (QED) is 0.408. The largest absolute Gasteiger partial charge is 0.473 e. The lowest BCUT2D eigenvalue weighted by Crippen LogP contribution is -2.31. The number of ether oxygens (including phenoxy) is 1. The van der Waals surface area contributed by atoms with Gasteiger partial charge >= 0.3 is 18.0 Å². The Morgan fingerprint density at radius 3 is 2.07 bits per heavy atom. The van der Waals surface area contributed by atoms with E-state index in [0.717, 1.165) is 18.7 Å². The van der Waals surface area contributed by atoms with Gasteiger partial charge in [0.15, 0.2) is 5.75 Å². The van der Waals surface area contributed by atoms with Crippen molar-refractivity contribution in [3.05, 3.63) is 24.0 Å². The normalized spacial score (nSPS) is 10.2. The van der Waals surface area contributed by atoms with Gasteiger partial charge in [-0.2, -0.15) is 0 Å². The zero-order valence-electron chi connectivity index (χ0n) is 18.5. The SMILES string of the molecule is CCCCCCCCCN(C)C(=O)Oc1cccnc1CN(C)C.O=C(O)C(=O)O. The van der Waals surface area contributed by atoms with Crippen molar-refractivity contribution < 1.29 is 29.3 Å². The first-order valence-electron chi connectivity index (χ1n) is 10.2. The predicted octanol–water partition coefficient (Wildman–Crippen LogP) is 3.48. The van der Waals surface area contributed by atoms with Crippen molar-refractivity contribution in [2.75, 3.05) is 27.7 Å². The number of rotatable bonds is 11. The maximum absolute atomic E-state index is 12.2. The lowest BCUT2D eigenvalue weighted by molar-refractivity contribution is -0.159. The molecule has 0 aliphatic carbocycles. The minimum Gasteiger partial charge on any atom is -0.473 e. The van der Waals surface area contributed by atoms with Gasteiger partial charge in [0.1, 0.15) is 0 Å². The summed E-state index contributed by atoms with van der Waals surface area (Å²) in [7, 11) is 5.72. The van der Waals surface area contributed by atoms with Gasteiger partial charge in [-0.05, 0) is 32.6 Å². The van der Waals surface area contributed by atoms with Crippen LogP contribution in [0.3, 0.4) is 0 Å². The van der Waals surface area contributed by atoms with Gasteiger partial charge in [-0.15, -0.1) is 0 Å². The number of aromatic nitrogens is 1. The van der Waals surface area contributed by atoms with Gasteiger partial charge < -0.3 is 24.7 Å². The Morgan fingerprint density at radius 2 is 1.53 bits per heavy atom. The Morgan fingerprint density at radius 1 is 0.967 bits per heavy atom. The van der Waals surface area contributed by atoms with Gasteiger partial charge in [0.2, 0.25) is 0 Å². The fourth-order valence-corrected chi connectivity index (χ4v) is 2.50. The molecule has 170 valence electrons. The summed E-state index contributed by atoms with van der Waals surface area (Å²) < 4.78 is 5.52. The Labute approximate surface area is 178 Å². The van der Waals surface area contributed by atoms with E-state index < -0.39 is 11.9 Å². The van der Waals surface area contributed by atoms with E-state index >= 15 is 0 Å². The molecular weight excluding hydrogens is 390 g/mol. The van der Waals surface area contributed by atoms with Crippen molar-refractivity contribution in [2.24, 2.45) is 0 Å². The molecule has 0 unspecified atom stereocenters. The van der Waals surface area contributed by atoms with Crippen molar-refractivity contribution in [3.8, 4) is 5.75 Å². The number of pyridine rings is 1. The summed E-state index contributed by atoms with van der Waals surface area (Å²) >= 11 is 0. The van der Waals surface area contributed by atoms with E-state index in [1.165, 1.54) is 38.5 Å². The lowest BCUT2D eigenvalue weighted by atomic mass is 10.1. The van der Waals surface area contributed by atoms with E-state index in [4.69, 9.17) is 24.5 Å². The van der Waals surface area contributed by atoms with Crippen LogP contribution in [0.1, 0.15) is 57.6 Å². The molecule has 30 heavy (non-hydrogen) atoms. The third-order valence-electron chi connectivity index (χ3n) is 4.10. The number of unbranched alkanes of at least 4 members (excludes halogenated alkanes) is 6. The standard InChI is InChI=1S/C19H33N3O2.C2H2O4/c1-5-6-7-8-9-10-11-15-22(4)19(23)24-18-13-12-14-20-17(18)16-21(2)3;3-1(4)2(5)6/h12-14H,5-11,15-16H2,1-4H3;(H,3,4)(H,5,6). The monoisotopic (exact) mass is 425 g/mol.